The zero-order valence-corrected chi connectivity index (χ0v) is 13.1. The molecule has 2 heterocycles. The van der Waals surface area contributed by atoms with E-state index in [1.54, 1.807) is 6.07 Å². The molecule has 1 aliphatic heterocycles. The highest BCUT2D eigenvalue weighted by molar-refractivity contribution is 5.73. The fourth-order valence-corrected chi connectivity index (χ4v) is 3.23. The van der Waals surface area contributed by atoms with Gasteiger partial charge in [-0.3, -0.25) is 4.68 Å². The van der Waals surface area contributed by atoms with E-state index in [-0.39, 0.29) is 5.82 Å². The highest BCUT2D eigenvalue weighted by atomic mass is 19.1. The van der Waals surface area contributed by atoms with Crippen molar-refractivity contribution in [2.75, 3.05) is 0 Å². The maximum Gasteiger partial charge on any atom is 0.129 e. The molecule has 3 aromatic rings. The molecule has 0 aliphatic carbocycles. The zero-order valence-electron chi connectivity index (χ0n) is 13.1. The molecule has 116 valence electrons. The Bertz CT molecular complexity index is 898. The number of halogens is 1. The van der Waals surface area contributed by atoms with Crippen LogP contribution in [0.1, 0.15) is 22.4 Å². The van der Waals surface area contributed by atoms with Gasteiger partial charge in [0.05, 0.1) is 11.4 Å². The lowest BCUT2D eigenvalue weighted by Crippen LogP contribution is -2.08. The molecule has 0 bridgehead atoms. The third kappa shape index (κ3) is 2.40. The van der Waals surface area contributed by atoms with Gasteiger partial charge in [0.25, 0.3) is 0 Å². The molecule has 1 aromatic heterocycles. The van der Waals surface area contributed by atoms with Crippen LogP contribution in [0.3, 0.4) is 0 Å². The van der Waals surface area contributed by atoms with Crippen LogP contribution in [-0.2, 0) is 20.1 Å². The summed E-state index contributed by atoms with van der Waals surface area (Å²) in [5.74, 6) is 0.450. The second-order valence-corrected chi connectivity index (χ2v) is 5.99. The first kappa shape index (κ1) is 14.0. The minimum Gasteiger partial charge on any atom is -0.488 e. The van der Waals surface area contributed by atoms with Crippen LogP contribution in [0.15, 0.2) is 42.5 Å². The van der Waals surface area contributed by atoms with E-state index in [2.05, 4.69) is 36.3 Å². The van der Waals surface area contributed by atoms with Crippen molar-refractivity contribution in [1.29, 1.82) is 0 Å². The lowest BCUT2D eigenvalue weighted by Gasteiger charge is -2.19. The van der Waals surface area contributed by atoms with E-state index in [1.165, 1.54) is 23.3 Å². The minimum atomic E-state index is -0.262. The molecule has 4 rings (SSSR count). The highest BCUT2D eigenvalue weighted by Gasteiger charge is 2.25. The number of hydrogen-bond acceptors (Lipinski definition) is 2. The molecule has 4 heteroatoms. The van der Waals surface area contributed by atoms with Crippen LogP contribution >= 0.6 is 0 Å². The minimum absolute atomic E-state index is 0.262. The smallest absolute Gasteiger partial charge is 0.129 e. The average Bonchev–Trinajstić information content (AvgIpc) is 2.83. The van der Waals surface area contributed by atoms with Crippen LogP contribution in [0.25, 0.3) is 11.3 Å². The fraction of sp³-hybridized carbons (Fsp3) is 0.211. The normalized spacial score (nSPS) is 12.5. The Hall–Kier alpha value is -2.62. The van der Waals surface area contributed by atoms with Gasteiger partial charge >= 0.3 is 0 Å². The maximum absolute atomic E-state index is 13.6. The van der Waals surface area contributed by atoms with Crippen LogP contribution < -0.4 is 4.74 Å². The second-order valence-electron chi connectivity index (χ2n) is 5.99. The third-order valence-electron chi connectivity index (χ3n) is 4.25. The predicted octanol–water partition coefficient (Wildman–Crippen LogP) is 4.02. The zero-order chi connectivity index (χ0) is 16.0. The Morgan fingerprint density at radius 3 is 2.91 bits per heavy atom. The van der Waals surface area contributed by atoms with Gasteiger partial charge in [-0.05, 0) is 30.7 Å². The van der Waals surface area contributed by atoms with Crippen molar-refractivity contribution in [3.63, 3.8) is 0 Å². The summed E-state index contributed by atoms with van der Waals surface area (Å²) in [5, 5.41) is 4.66. The van der Waals surface area contributed by atoms with Gasteiger partial charge in [0.2, 0.25) is 0 Å². The first-order valence-corrected chi connectivity index (χ1v) is 7.65. The van der Waals surface area contributed by atoms with Crippen LogP contribution in [0.4, 0.5) is 4.39 Å². The van der Waals surface area contributed by atoms with Gasteiger partial charge in [-0.25, -0.2) is 4.39 Å². The van der Waals surface area contributed by atoms with E-state index < -0.39 is 0 Å². The van der Waals surface area contributed by atoms with E-state index in [1.807, 2.05) is 11.7 Å². The van der Waals surface area contributed by atoms with E-state index in [0.29, 0.717) is 12.4 Å². The van der Waals surface area contributed by atoms with Gasteiger partial charge in [0.15, 0.2) is 0 Å². The quantitative estimate of drug-likeness (QED) is 0.715. The van der Waals surface area contributed by atoms with Gasteiger partial charge in [-0.1, -0.05) is 29.8 Å². The first-order chi connectivity index (χ1) is 11.1. The van der Waals surface area contributed by atoms with Crippen molar-refractivity contribution in [3.8, 4) is 17.0 Å². The summed E-state index contributed by atoms with van der Waals surface area (Å²) in [5.41, 5.74) is 6.21. The predicted molar refractivity (Wildman–Crippen MR) is 86.9 cm³/mol. The van der Waals surface area contributed by atoms with E-state index in [9.17, 15) is 4.39 Å². The van der Waals surface area contributed by atoms with Crippen LogP contribution in [-0.4, -0.2) is 9.78 Å². The Kier molecular flexibility index (Phi) is 3.18. The maximum atomic E-state index is 13.6. The average molecular weight is 308 g/mol. The Morgan fingerprint density at radius 2 is 2.09 bits per heavy atom. The number of benzene rings is 2. The standard InChI is InChI=1S/C19H17FN2O/c1-12-4-3-5-13(8-12)9-17-16-11-23-18-7-6-14(20)10-15(18)19(16)22(2)21-17/h3-8,10H,9,11H2,1-2H3. The SMILES string of the molecule is Cc1cccc(Cc2nn(C)c3c2COc2ccc(F)cc2-3)c1. The molecule has 0 atom stereocenters. The van der Waals surface area contributed by atoms with Crippen molar-refractivity contribution < 1.29 is 9.13 Å². The molecule has 0 amide bonds. The van der Waals surface area contributed by atoms with Gasteiger partial charge in [0, 0.05) is 24.6 Å². The van der Waals surface area contributed by atoms with E-state index in [0.717, 1.165) is 28.9 Å². The summed E-state index contributed by atoms with van der Waals surface area (Å²) in [4.78, 5) is 0. The van der Waals surface area contributed by atoms with Crippen molar-refractivity contribution in [1.82, 2.24) is 9.78 Å². The molecule has 1 aliphatic rings. The number of aromatic nitrogens is 2. The molecule has 0 saturated carbocycles. The van der Waals surface area contributed by atoms with Crippen molar-refractivity contribution in [2.24, 2.45) is 7.05 Å². The van der Waals surface area contributed by atoms with Crippen molar-refractivity contribution >= 4 is 0 Å². The van der Waals surface area contributed by atoms with Crippen molar-refractivity contribution in [3.05, 3.63) is 70.7 Å². The summed E-state index contributed by atoms with van der Waals surface area (Å²) >= 11 is 0. The molecule has 0 radical (unpaired) electrons. The summed E-state index contributed by atoms with van der Waals surface area (Å²) < 4.78 is 21.3. The lowest BCUT2D eigenvalue weighted by atomic mass is 9.99. The molecule has 3 nitrogen and oxygen atoms in total. The topological polar surface area (TPSA) is 27.1 Å². The monoisotopic (exact) mass is 308 g/mol. The molecule has 0 spiro atoms. The number of fused-ring (bicyclic) bond motifs is 3. The molecule has 0 unspecified atom stereocenters. The van der Waals surface area contributed by atoms with Gasteiger partial charge in [-0.2, -0.15) is 5.10 Å². The summed E-state index contributed by atoms with van der Waals surface area (Å²) in [7, 11) is 1.90. The lowest BCUT2D eigenvalue weighted by molar-refractivity contribution is 0.300. The largest absolute Gasteiger partial charge is 0.488 e. The number of aryl methyl sites for hydroxylation is 2. The van der Waals surface area contributed by atoms with Crippen LogP contribution in [0, 0.1) is 12.7 Å². The summed E-state index contributed by atoms with van der Waals surface area (Å²) in [6, 6.07) is 13.0. The molecular formula is C19H17FN2O. The second kappa shape index (κ2) is 5.23. The Morgan fingerprint density at radius 1 is 1.22 bits per heavy atom. The molecule has 0 N–H and O–H groups in total. The fourth-order valence-electron chi connectivity index (χ4n) is 3.23. The molecule has 0 saturated heterocycles. The Balaban J connectivity index is 1.80. The van der Waals surface area contributed by atoms with Gasteiger partial charge in [-0.15, -0.1) is 0 Å². The van der Waals surface area contributed by atoms with Crippen molar-refractivity contribution in [2.45, 2.75) is 20.0 Å². The van der Waals surface area contributed by atoms with Crippen LogP contribution in [0.5, 0.6) is 5.75 Å². The summed E-state index contributed by atoms with van der Waals surface area (Å²) in [6.07, 6.45) is 0.749. The first-order valence-electron chi connectivity index (χ1n) is 7.65. The van der Waals surface area contributed by atoms with Gasteiger partial charge in [0.1, 0.15) is 18.2 Å². The number of hydrogen-bond donors (Lipinski definition) is 0. The van der Waals surface area contributed by atoms with E-state index >= 15 is 0 Å². The number of rotatable bonds is 2. The Labute approximate surface area is 134 Å². The highest BCUT2D eigenvalue weighted by Crippen LogP contribution is 2.39. The summed E-state index contributed by atoms with van der Waals surface area (Å²) in [6.45, 7) is 2.56. The van der Waals surface area contributed by atoms with E-state index in [4.69, 9.17) is 4.74 Å². The van der Waals surface area contributed by atoms with Gasteiger partial charge < -0.3 is 4.74 Å². The number of nitrogens with zero attached hydrogens (tertiary/aromatic N) is 2. The molecule has 2 aromatic carbocycles. The molecular weight excluding hydrogens is 291 g/mol. The molecule has 23 heavy (non-hydrogen) atoms. The number of ether oxygens (including phenoxy) is 1. The van der Waals surface area contributed by atoms with Crippen LogP contribution in [0.2, 0.25) is 0 Å². The molecule has 0 fully saturated rings. The third-order valence-corrected chi connectivity index (χ3v) is 4.25.